The summed E-state index contributed by atoms with van der Waals surface area (Å²) in [5.74, 6) is -0.285. The molecule has 3 heteroatoms. The second-order valence-corrected chi connectivity index (χ2v) is 10.3. The van der Waals surface area contributed by atoms with E-state index in [9.17, 15) is 4.79 Å². The van der Waals surface area contributed by atoms with E-state index in [4.69, 9.17) is 9.73 Å². The molecule has 2 unspecified atom stereocenters. The lowest BCUT2D eigenvalue weighted by atomic mass is 9.79. The molecule has 0 fully saturated rings. The molecule has 0 heterocycles. The Bertz CT molecular complexity index is 838. The summed E-state index contributed by atoms with van der Waals surface area (Å²) in [6.45, 7) is 17.4. The second kappa shape index (κ2) is 9.59. The minimum absolute atomic E-state index is 0.0555. The third-order valence-electron chi connectivity index (χ3n) is 5.16. The van der Waals surface area contributed by atoms with Gasteiger partial charge in [-0.05, 0) is 65.6 Å². The van der Waals surface area contributed by atoms with Crippen molar-refractivity contribution in [2.75, 3.05) is 0 Å². The smallest absolute Gasteiger partial charge is 0.338 e. The molecule has 0 saturated carbocycles. The minimum atomic E-state index is -0.285. The average Bonchev–Trinajstić information content (AvgIpc) is 2.65. The summed E-state index contributed by atoms with van der Waals surface area (Å²) in [5.41, 5.74) is 4.48. The predicted octanol–water partition coefficient (Wildman–Crippen LogP) is 6.72. The van der Waals surface area contributed by atoms with Crippen molar-refractivity contribution in [3.8, 4) is 0 Å². The van der Waals surface area contributed by atoms with Crippen molar-refractivity contribution in [2.45, 2.75) is 84.8 Å². The summed E-state index contributed by atoms with van der Waals surface area (Å²) in [6.07, 6.45) is 2.44. The maximum absolute atomic E-state index is 12.2. The summed E-state index contributed by atoms with van der Waals surface area (Å²) in [5, 5.41) is 0. The van der Waals surface area contributed by atoms with Crippen LogP contribution in [0, 0.1) is 0 Å². The van der Waals surface area contributed by atoms with Gasteiger partial charge in [0.25, 0.3) is 0 Å². The van der Waals surface area contributed by atoms with Gasteiger partial charge in [-0.2, -0.15) is 0 Å². The van der Waals surface area contributed by atoms with Gasteiger partial charge in [0.2, 0.25) is 0 Å². The third-order valence-corrected chi connectivity index (χ3v) is 5.16. The highest BCUT2D eigenvalue weighted by atomic mass is 16.5. The number of aliphatic imine (C=N–C) groups is 1. The van der Waals surface area contributed by atoms with Gasteiger partial charge in [-0.15, -0.1) is 0 Å². The highest BCUT2D eigenvalue weighted by molar-refractivity contribution is 5.89. The predicted molar refractivity (Wildman–Crippen MR) is 127 cm³/mol. The van der Waals surface area contributed by atoms with Gasteiger partial charge in [0.15, 0.2) is 0 Å². The van der Waals surface area contributed by atoms with E-state index in [0.717, 1.165) is 5.56 Å². The number of hydrogen-bond donors (Lipinski definition) is 0. The third kappa shape index (κ3) is 7.12. The van der Waals surface area contributed by atoms with Crippen LogP contribution in [0.2, 0.25) is 0 Å². The van der Waals surface area contributed by atoms with Crippen LogP contribution in [0.4, 0.5) is 0 Å². The van der Waals surface area contributed by atoms with Gasteiger partial charge in [-0.1, -0.05) is 65.8 Å². The van der Waals surface area contributed by atoms with Crippen LogP contribution < -0.4 is 0 Å². The normalized spacial score (nSPS) is 14.5. The van der Waals surface area contributed by atoms with Crippen LogP contribution >= 0.6 is 0 Å². The molecule has 0 aromatic heterocycles. The molecule has 30 heavy (non-hydrogen) atoms. The first-order valence-electron chi connectivity index (χ1n) is 10.8. The molecule has 2 rings (SSSR count). The van der Waals surface area contributed by atoms with Gasteiger partial charge < -0.3 is 4.74 Å². The molecular formula is C27H37NO2. The summed E-state index contributed by atoms with van der Waals surface area (Å²) in [6, 6.07) is 15.9. The number of ether oxygens (including phenoxy) is 1. The van der Waals surface area contributed by atoms with E-state index in [1.54, 1.807) is 12.1 Å². The first kappa shape index (κ1) is 23.9. The number of hydrogen-bond acceptors (Lipinski definition) is 3. The summed E-state index contributed by atoms with van der Waals surface area (Å²) in [4.78, 5) is 17.0. The molecule has 0 N–H and O–H groups in total. The first-order valence-corrected chi connectivity index (χ1v) is 10.8. The van der Waals surface area contributed by atoms with Crippen molar-refractivity contribution in [1.29, 1.82) is 0 Å². The van der Waals surface area contributed by atoms with E-state index in [2.05, 4.69) is 66.7 Å². The quantitative estimate of drug-likeness (QED) is 0.393. The summed E-state index contributed by atoms with van der Waals surface area (Å²) in [7, 11) is 0. The molecule has 2 aromatic rings. The monoisotopic (exact) mass is 407 g/mol. The molecule has 0 aliphatic heterocycles. The number of nitrogens with zero attached hydrogens (tertiary/aromatic N) is 1. The Kier molecular flexibility index (Phi) is 7.63. The summed E-state index contributed by atoms with van der Waals surface area (Å²) >= 11 is 0. The van der Waals surface area contributed by atoms with Crippen molar-refractivity contribution >= 4 is 12.2 Å². The van der Waals surface area contributed by atoms with Crippen molar-refractivity contribution in [2.24, 2.45) is 4.99 Å². The van der Waals surface area contributed by atoms with Crippen molar-refractivity contribution < 1.29 is 9.53 Å². The average molecular weight is 408 g/mol. The molecule has 0 aliphatic carbocycles. The Balaban J connectivity index is 2.08. The highest BCUT2D eigenvalue weighted by Crippen LogP contribution is 2.30. The maximum atomic E-state index is 12.2. The van der Waals surface area contributed by atoms with Crippen LogP contribution in [0.3, 0.4) is 0 Å². The fourth-order valence-corrected chi connectivity index (χ4v) is 3.22. The van der Waals surface area contributed by atoms with Crippen molar-refractivity contribution in [3.63, 3.8) is 0 Å². The van der Waals surface area contributed by atoms with E-state index < -0.39 is 0 Å². The molecule has 162 valence electrons. The lowest BCUT2D eigenvalue weighted by Crippen LogP contribution is -2.19. The molecule has 0 bridgehead atoms. The largest absolute Gasteiger partial charge is 0.459 e. The first-order chi connectivity index (χ1) is 13.9. The summed E-state index contributed by atoms with van der Waals surface area (Å²) < 4.78 is 5.57. The molecule has 2 atom stereocenters. The zero-order valence-corrected chi connectivity index (χ0v) is 19.8. The Morgan fingerprint density at radius 3 is 1.97 bits per heavy atom. The Morgan fingerprint density at radius 2 is 1.47 bits per heavy atom. The van der Waals surface area contributed by atoms with Crippen LogP contribution in [0.5, 0.6) is 0 Å². The Labute approximate surface area is 182 Å². The molecule has 0 radical (unpaired) electrons. The van der Waals surface area contributed by atoms with Gasteiger partial charge in [-0.25, -0.2) is 4.79 Å². The van der Waals surface area contributed by atoms with E-state index in [1.807, 2.05) is 31.3 Å². The highest BCUT2D eigenvalue weighted by Gasteiger charge is 2.20. The number of esters is 1. The van der Waals surface area contributed by atoms with Gasteiger partial charge in [-0.3, -0.25) is 4.99 Å². The van der Waals surface area contributed by atoms with Crippen LogP contribution in [0.15, 0.2) is 53.5 Å². The maximum Gasteiger partial charge on any atom is 0.338 e. The van der Waals surface area contributed by atoms with E-state index in [-0.39, 0.29) is 28.9 Å². The van der Waals surface area contributed by atoms with Crippen LogP contribution in [0.1, 0.15) is 88.9 Å². The minimum Gasteiger partial charge on any atom is -0.459 e. The number of carbonyl (C=O) groups is 1. The molecule has 0 aliphatic rings. The van der Waals surface area contributed by atoms with Crippen LogP contribution in [0.25, 0.3) is 0 Å². The van der Waals surface area contributed by atoms with E-state index >= 15 is 0 Å². The lowest BCUT2D eigenvalue weighted by Gasteiger charge is -2.25. The number of benzene rings is 2. The van der Waals surface area contributed by atoms with Gasteiger partial charge in [0.1, 0.15) is 6.10 Å². The van der Waals surface area contributed by atoms with Gasteiger partial charge >= 0.3 is 5.97 Å². The number of rotatable bonds is 6. The molecule has 3 nitrogen and oxygen atoms in total. The van der Waals surface area contributed by atoms with Gasteiger partial charge in [0, 0.05) is 12.6 Å². The topological polar surface area (TPSA) is 38.7 Å². The fraction of sp³-hybridized carbons (Fsp3) is 0.481. The molecule has 2 aromatic carbocycles. The fourth-order valence-electron chi connectivity index (χ4n) is 3.22. The second-order valence-electron chi connectivity index (χ2n) is 10.3. The molecular weight excluding hydrogens is 370 g/mol. The van der Waals surface area contributed by atoms with Crippen molar-refractivity contribution in [3.05, 3.63) is 70.8 Å². The van der Waals surface area contributed by atoms with Crippen molar-refractivity contribution in [1.82, 2.24) is 0 Å². The number of carbonyl (C=O) groups excluding carboxylic acids is 1. The zero-order chi connectivity index (χ0) is 22.5. The zero-order valence-electron chi connectivity index (χ0n) is 19.8. The standard InChI is InChI=1S/C27H37NO2/c1-19(14-20(2)30-25(29)22-12-10-9-11-13-22)28-18-21-15-23(26(3,4)5)17-24(16-21)27(6,7)8/h9-13,15-20H,14H2,1-8H3. The van der Waals surface area contributed by atoms with E-state index in [1.165, 1.54) is 11.1 Å². The SMILES string of the molecule is CC(CC(C)OC(=O)c1ccccc1)N=Cc1cc(C(C)(C)C)cc(C(C)(C)C)c1. The van der Waals surface area contributed by atoms with E-state index in [0.29, 0.717) is 12.0 Å². The van der Waals surface area contributed by atoms with Crippen LogP contribution in [-0.4, -0.2) is 24.3 Å². The molecule has 0 spiro atoms. The Morgan fingerprint density at radius 1 is 0.933 bits per heavy atom. The van der Waals surface area contributed by atoms with Crippen LogP contribution in [-0.2, 0) is 15.6 Å². The molecule has 0 amide bonds. The lowest BCUT2D eigenvalue weighted by molar-refractivity contribution is 0.0315. The molecule has 0 saturated heterocycles. The Hall–Kier alpha value is -2.42. The van der Waals surface area contributed by atoms with Gasteiger partial charge in [0.05, 0.1) is 11.6 Å².